The molecule has 1 aromatic rings. The molecule has 0 spiro atoms. The Morgan fingerprint density at radius 2 is 1.90 bits per heavy atom. The number of hydrogen-bond acceptors (Lipinski definition) is 2. The van der Waals surface area contributed by atoms with Gasteiger partial charge in [-0.05, 0) is 61.1 Å². The molecule has 0 saturated heterocycles. The minimum absolute atomic E-state index is 0.0605. The lowest BCUT2D eigenvalue weighted by atomic mass is 9.68. The number of nitrogens with two attached hydrogens (primary N) is 1. The molecule has 1 aromatic carbocycles. The van der Waals surface area contributed by atoms with Crippen LogP contribution in [0.3, 0.4) is 0 Å². The molecule has 1 aliphatic heterocycles. The van der Waals surface area contributed by atoms with E-state index in [-0.39, 0.29) is 5.54 Å². The van der Waals surface area contributed by atoms with Crippen molar-refractivity contribution in [3.63, 3.8) is 0 Å². The third-order valence-electron chi connectivity index (χ3n) is 5.26. The number of rotatable bonds is 3. The Morgan fingerprint density at radius 1 is 1.15 bits per heavy atom. The van der Waals surface area contributed by atoms with Crippen LogP contribution in [0.25, 0.3) is 0 Å². The molecule has 0 radical (unpaired) electrons. The fourth-order valence-electron chi connectivity index (χ4n) is 3.46. The maximum absolute atomic E-state index is 6.62. The minimum Gasteiger partial charge on any atom is -0.493 e. The van der Waals surface area contributed by atoms with E-state index in [0.717, 1.165) is 31.6 Å². The van der Waals surface area contributed by atoms with Crippen molar-refractivity contribution < 1.29 is 4.74 Å². The van der Waals surface area contributed by atoms with E-state index in [4.69, 9.17) is 10.5 Å². The molecule has 1 aliphatic carbocycles. The van der Waals surface area contributed by atoms with Crippen molar-refractivity contribution in [1.29, 1.82) is 0 Å². The summed E-state index contributed by atoms with van der Waals surface area (Å²) in [6.45, 7) is 5.58. The Labute approximate surface area is 122 Å². The van der Waals surface area contributed by atoms with E-state index in [0.29, 0.717) is 5.41 Å². The van der Waals surface area contributed by atoms with Crippen molar-refractivity contribution in [2.45, 2.75) is 64.3 Å². The molecule has 2 aliphatic rings. The average molecular weight is 273 g/mol. The van der Waals surface area contributed by atoms with E-state index in [1.807, 2.05) is 0 Å². The lowest BCUT2D eigenvalue weighted by molar-refractivity contribution is 0.158. The molecule has 0 unspecified atom stereocenters. The summed E-state index contributed by atoms with van der Waals surface area (Å²) in [5, 5.41) is 0. The van der Waals surface area contributed by atoms with Gasteiger partial charge in [0.05, 0.1) is 6.61 Å². The van der Waals surface area contributed by atoms with Crippen LogP contribution in [-0.2, 0) is 12.8 Å². The second kappa shape index (κ2) is 5.07. The molecule has 2 N–H and O–H groups in total. The van der Waals surface area contributed by atoms with Crippen molar-refractivity contribution in [1.82, 2.24) is 0 Å². The Balaban J connectivity index is 1.59. The summed E-state index contributed by atoms with van der Waals surface area (Å²) in [6.07, 6.45) is 8.16. The van der Waals surface area contributed by atoms with Gasteiger partial charge in [-0.3, -0.25) is 0 Å². The third kappa shape index (κ3) is 3.01. The van der Waals surface area contributed by atoms with Crippen LogP contribution in [0, 0.1) is 5.41 Å². The number of aryl methyl sites for hydroxylation is 1. The maximum atomic E-state index is 6.62. The van der Waals surface area contributed by atoms with Gasteiger partial charge in [0.1, 0.15) is 5.75 Å². The highest BCUT2D eigenvalue weighted by Gasteiger charge is 2.34. The van der Waals surface area contributed by atoms with Gasteiger partial charge < -0.3 is 10.5 Å². The average Bonchev–Trinajstić information content (AvgIpc) is 2.88. The molecule has 110 valence electrons. The van der Waals surface area contributed by atoms with Gasteiger partial charge in [-0.25, -0.2) is 0 Å². The molecule has 0 atom stereocenters. The van der Waals surface area contributed by atoms with Gasteiger partial charge >= 0.3 is 0 Å². The summed E-state index contributed by atoms with van der Waals surface area (Å²) in [4.78, 5) is 0. The van der Waals surface area contributed by atoms with Crippen LogP contribution in [0.4, 0.5) is 0 Å². The summed E-state index contributed by atoms with van der Waals surface area (Å²) in [5.74, 6) is 1.08. The Morgan fingerprint density at radius 3 is 2.65 bits per heavy atom. The number of hydrogen-bond donors (Lipinski definition) is 1. The van der Waals surface area contributed by atoms with Gasteiger partial charge in [-0.2, -0.15) is 0 Å². The predicted octanol–water partition coefficient (Wildman–Crippen LogP) is 3.85. The molecule has 2 heteroatoms. The Kier molecular flexibility index (Phi) is 3.53. The highest BCUT2D eigenvalue weighted by Crippen LogP contribution is 2.40. The largest absolute Gasteiger partial charge is 0.493 e. The first-order valence-corrected chi connectivity index (χ1v) is 7.99. The molecular formula is C18H27NO. The smallest absolute Gasteiger partial charge is 0.122 e. The fourth-order valence-corrected chi connectivity index (χ4v) is 3.46. The monoisotopic (exact) mass is 273 g/mol. The third-order valence-corrected chi connectivity index (χ3v) is 5.26. The fraction of sp³-hybridized carbons (Fsp3) is 0.667. The molecule has 20 heavy (non-hydrogen) atoms. The molecule has 0 bridgehead atoms. The van der Waals surface area contributed by atoms with E-state index in [1.165, 1.54) is 36.8 Å². The molecule has 1 heterocycles. The lowest BCUT2D eigenvalue weighted by Crippen LogP contribution is -2.45. The number of benzene rings is 1. The first-order valence-electron chi connectivity index (χ1n) is 7.99. The molecular weight excluding hydrogens is 246 g/mol. The normalized spacial score (nSPS) is 23.1. The Hall–Kier alpha value is -1.02. The summed E-state index contributed by atoms with van der Waals surface area (Å²) >= 11 is 0. The van der Waals surface area contributed by atoms with Crippen molar-refractivity contribution >= 4 is 0 Å². The summed E-state index contributed by atoms with van der Waals surface area (Å²) in [5.41, 5.74) is 9.96. The van der Waals surface area contributed by atoms with Crippen molar-refractivity contribution in [3.8, 4) is 5.75 Å². The molecule has 0 aromatic heterocycles. The topological polar surface area (TPSA) is 35.2 Å². The van der Waals surface area contributed by atoms with E-state index in [1.54, 1.807) is 0 Å². The molecule has 1 fully saturated rings. The zero-order chi connectivity index (χ0) is 14.2. The van der Waals surface area contributed by atoms with Crippen LogP contribution in [-0.4, -0.2) is 12.1 Å². The second-order valence-corrected chi connectivity index (χ2v) is 7.57. The Bertz CT molecular complexity index is 482. The van der Waals surface area contributed by atoms with Crippen LogP contribution in [0.5, 0.6) is 5.75 Å². The zero-order valence-electron chi connectivity index (χ0n) is 12.9. The van der Waals surface area contributed by atoms with Crippen molar-refractivity contribution in [2.75, 3.05) is 6.61 Å². The highest BCUT2D eigenvalue weighted by molar-refractivity contribution is 5.39. The summed E-state index contributed by atoms with van der Waals surface area (Å²) in [7, 11) is 0. The van der Waals surface area contributed by atoms with E-state index < -0.39 is 0 Å². The molecule has 1 saturated carbocycles. The standard InChI is InChI=1S/C18H27NO/c1-17(2)8-10-18(19,11-9-17)7-5-14-3-4-16-15(13-14)6-12-20-16/h3-4,13H,5-12,19H2,1-2H3. The number of fused-ring (bicyclic) bond motifs is 1. The minimum atomic E-state index is 0.0605. The van der Waals surface area contributed by atoms with Gasteiger partial charge in [-0.15, -0.1) is 0 Å². The van der Waals surface area contributed by atoms with E-state index in [9.17, 15) is 0 Å². The van der Waals surface area contributed by atoms with Gasteiger partial charge in [0, 0.05) is 12.0 Å². The van der Waals surface area contributed by atoms with Crippen LogP contribution in [0.1, 0.15) is 57.1 Å². The second-order valence-electron chi connectivity index (χ2n) is 7.57. The summed E-state index contributed by atoms with van der Waals surface area (Å²) in [6, 6.07) is 6.66. The van der Waals surface area contributed by atoms with Gasteiger partial charge in [0.25, 0.3) is 0 Å². The number of ether oxygens (including phenoxy) is 1. The summed E-state index contributed by atoms with van der Waals surface area (Å²) < 4.78 is 5.57. The SMILES string of the molecule is CC1(C)CCC(N)(CCc2ccc3c(c2)CCO3)CC1. The van der Waals surface area contributed by atoms with Gasteiger partial charge in [0.15, 0.2) is 0 Å². The highest BCUT2D eigenvalue weighted by atomic mass is 16.5. The lowest BCUT2D eigenvalue weighted by Gasteiger charge is -2.41. The van der Waals surface area contributed by atoms with E-state index in [2.05, 4.69) is 32.0 Å². The first kappa shape index (κ1) is 13.9. The zero-order valence-corrected chi connectivity index (χ0v) is 12.9. The van der Waals surface area contributed by atoms with Crippen LogP contribution in [0.15, 0.2) is 18.2 Å². The maximum Gasteiger partial charge on any atom is 0.122 e. The molecule has 2 nitrogen and oxygen atoms in total. The predicted molar refractivity (Wildman–Crippen MR) is 83.1 cm³/mol. The van der Waals surface area contributed by atoms with Crippen LogP contribution < -0.4 is 10.5 Å². The van der Waals surface area contributed by atoms with Gasteiger partial charge in [-0.1, -0.05) is 26.0 Å². The van der Waals surface area contributed by atoms with Gasteiger partial charge in [0.2, 0.25) is 0 Å². The van der Waals surface area contributed by atoms with Crippen molar-refractivity contribution in [2.24, 2.45) is 11.1 Å². The quantitative estimate of drug-likeness (QED) is 0.908. The van der Waals surface area contributed by atoms with E-state index >= 15 is 0 Å². The van der Waals surface area contributed by atoms with Crippen LogP contribution >= 0.6 is 0 Å². The first-order chi connectivity index (χ1) is 9.46. The molecule has 0 amide bonds. The van der Waals surface area contributed by atoms with Crippen LogP contribution in [0.2, 0.25) is 0 Å². The molecule has 3 rings (SSSR count). The van der Waals surface area contributed by atoms with Crippen molar-refractivity contribution in [3.05, 3.63) is 29.3 Å².